The molecule has 2 N–H and O–H groups in total. The monoisotopic (exact) mass is 262 g/mol. The zero-order valence-electron chi connectivity index (χ0n) is 10.4. The molecule has 2 rings (SSSR count). The highest BCUT2D eigenvalue weighted by Crippen LogP contribution is 2.26. The molecule has 0 bridgehead atoms. The average Bonchev–Trinajstić information content (AvgIpc) is 2.33. The van der Waals surface area contributed by atoms with Crippen LogP contribution in [0.2, 0.25) is 5.02 Å². The van der Waals surface area contributed by atoms with Gasteiger partial charge in [-0.2, -0.15) is 0 Å². The summed E-state index contributed by atoms with van der Waals surface area (Å²) in [5.41, 5.74) is 3.44. The van der Waals surface area contributed by atoms with Crippen LogP contribution >= 0.6 is 11.6 Å². The summed E-state index contributed by atoms with van der Waals surface area (Å²) in [7, 11) is 0. The maximum atomic E-state index is 9.72. The van der Waals surface area contributed by atoms with Crippen molar-refractivity contribution in [2.24, 2.45) is 0 Å². The molecule has 0 aliphatic rings. The number of anilines is 1. The molecule has 2 aromatic rings. The molecule has 0 aliphatic carbocycles. The van der Waals surface area contributed by atoms with E-state index in [1.165, 1.54) is 0 Å². The topological polar surface area (TPSA) is 45.1 Å². The largest absolute Gasteiger partial charge is 0.506 e. The van der Waals surface area contributed by atoms with Crippen LogP contribution in [0.1, 0.15) is 17.0 Å². The van der Waals surface area contributed by atoms with E-state index in [1.807, 2.05) is 32.0 Å². The number of para-hydroxylation sites is 1. The van der Waals surface area contributed by atoms with E-state index in [2.05, 4.69) is 10.3 Å². The molecule has 94 valence electrons. The van der Waals surface area contributed by atoms with E-state index >= 15 is 0 Å². The van der Waals surface area contributed by atoms with Gasteiger partial charge in [0.05, 0.1) is 17.3 Å². The molecule has 0 radical (unpaired) electrons. The number of hydrogen-bond donors (Lipinski definition) is 2. The lowest BCUT2D eigenvalue weighted by molar-refractivity contribution is 0.464. The molecule has 0 aliphatic heterocycles. The van der Waals surface area contributed by atoms with Gasteiger partial charge in [-0.15, -0.1) is 0 Å². The molecular weight excluding hydrogens is 248 g/mol. The van der Waals surface area contributed by atoms with Gasteiger partial charge in [0, 0.05) is 5.69 Å². The third-order valence-corrected chi connectivity index (χ3v) is 3.06. The standard InChI is InChI=1S/C14H15ClN2O/c1-9-4-3-5-11(15)14(9)16-8-12-13(18)7-6-10(2)17-12/h3-7,16,18H,8H2,1-2H3. The van der Waals surface area contributed by atoms with E-state index in [4.69, 9.17) is 11.6 Å². The Bertz CT molecular complexity index is 549. The van der Waals surface area contributed by atoms with E-state index in [-0.39, 0.29) is 5.75 Å². The third kappa shape index (κ3) is 2.74. The number of aromatic nitrogens is 1. The lowest BCUT2D eigenvalue weighted by Gasteiger charge is -2.12. The minimum atomic E-state index is 0.192. The summed E-state index contributed by atoms with van der Waals surface area (Å²) in [4.78, 5) is 4.29. The Labute approximate surface area is 111 Å². The van der Waals surface area contributed by atoms with Gasteiger partial charge in [0.25, 0.3) is 0 Å². The van der Waals surface area contributed by atoms with Crippen LogP contribution in [-0.4, -0.2) is 10.1 Å². The van der Waals surface area contributed by atoms with Gasteiger partial charge in [-0.3, -0.25) is 4.98 Å². The van der Waals surface area contributed by atoms with Gasteiger partial charge in [-0.25, -0.2) is 0 Å². The molecule has 4 heteroatoms. The Hall–Kier alpha value is -1.74. The first kappa shape index (κ1) is 12.7. The highest BCUT2D eigenvalue weighted by molar-refractivity contribution is 6.33. The van der Waals surface area contributed by atoms with E-state index in [0.717, 1.165) is 16.9 Å². The second kappa shape index (κ2) is 5.27. The molecule has 0 atom stereocenters. The summed E-state index contributed by atoms with van der Waals surface area (Å²) in [6.45, 7) is 4.32. The summed E-state index contributed by atoms with van der Waals surface area (Å²) in [5.74, 6) is 0.192. The van der Waals surface area contributed by atoms with Gasteiger partial charge < -0.3 is 10.4 Å². The quantitative estimate of drug-likeness (QED) is 0.887. The summed E-state index contributed by atoms with van der Waals surface area (Å²) in [5, 5.41) is 13.6. The molecule has 0 spiro atoms. The fraction of sp³-hybridized carbons (Fsp3) is 0.214. The molecule has 18 heavy (non-hydrogen) atoms. The van der Waals surface area contributed by atoms with Gasteiger partial charge in [0.2, 0.25) is 0 Å². The van der Waals surface area contributed by atoms with Gasteiger partial charge in [-0.1, -0.05) is 23.7 Å². The summed E-state index contributed by atoms with van der Waals surface area (Å²) < 4.78 is 0. The first-order valence-corrected chi connectivity index (χ1v) is 6.10. The van der Waals surface area contributed by atoms with Crippen molar-refractivity contribution in [3.63, 3.8) is 0 Å². The number of aromatic hydroxyl groups is 1. The third-order valence-electron chi connectivity index (χ3n) is 2.74. The van der Waals surface area contributed by atoms with Gasteiger partial charge in [0.15, 0.2) is 0 Å². The van der Waals surface area contributed by atoms with Crippen molar-refractivity contribution >= 4 is 17.3 Å². The van der Waals surface area contributed by atoms with Crippen molar-refractivity contribution in [2.45, 2.75) is 20.4 Å². The number of hydrogen-bond acceptors (Lipinski definition) is 3. The lowest BCUT2D eigenvalue weighted by Crippen LogP contribution is -2.04. The molecule has 1 aromatic carbocycles. The first-order valence-electron chi connectivity index (χ1n) is 5.72. The zero-order chi connectivity index (χ0) is 13.1. The fourth-order valence-corrected chi connectivity index (χ4v) is 2.05. The number of halogens is 1. The van der Waals surface area contributed by atoms with Crippen molar-refractivity contribution in [1.29, 1.82) is 0 Å². The second-order valence-corrected chi connectivity index (χ2v) is 4.61. The Balaban J connectivity index is 2.19. The molecule has 0 fully saturated rings. The van der Waals surface area contributed by atoms with Crippen molar-refractivity contribution in [3.05, 3.63) is 52.3 Å². The highest BCUT2D eigenvalue weighted by Gasteiger charge is 2.06. The zero-order valence-corrected chi connectivity index (χ0v) is 11.1. The molecule has 1 aromatic heterocycles. The summed E-state index contributed by atoms with van der Waals surface area (Å²) in [6, 6.07) is 9.15. The number of nitrogens with one attached hydrogen (secondary N) is 1. The molecule has 1 heterocycles. The van der Waals surface area contributed by atoms with E-state index in [1.54, 1.807) is 12.1 Å². The molecule has 0 unspecified atom stereocenters. The van der Waals surface area contributed by atoms with Crippen molar-refractivity contribution in [3.8, 4) is 5.75 Å². The van der Waals surface area contributed by atoms with Crippen LogP contribution in [0.4, 0.5) is 5.69 Å². The first-order chi connectivity index (χ1) is 8.58. The Kier molecular flexibility index (Phi) is 3.72. The van der Waals surface area contributed by atoms with Crippen molar-refractivity contribution < 1.29 is 5.11 Å². The molecule has 0 saturated heterocycles. The fourth-order valence-electron chi connectivity index (χ4n) is 1.76. The maximum Gasteiger partial charge on any atom is 0.138 e. The Morgan fingerprint density at radius 1 is 1.22 bits per heavy atom. The van der Waals surface area contributed by atoms with Crippen LogP contribution < -0.4 is 5.32 Å². The smallest absolute Gasteiger partial charge is 0.138 e. The summed E-state index contributed by atoms with van der Waals surface area (Å²) >= 11 is 6.12. The highest BCUT2D eigenvalue weighted by atomic mass is 35.5. The Morgan fingerprint density at radius 3 is 2.72 bits per heavy atom. The van der Waals surface area contributed by atoms with Crippen LogP contribution in [0.25, 0.3) is 0 Å². The molecule has 0 amide bonds. The summed E-state index contributed by atoms with van der Waals surface area (Å²) in [6.07, 6.45) is 0. The predicted octanol–water partition coefficient (Wildman–Crippen LogP) is 3.67. The second-order valence-electron chi connectivity index (χ2n) is 4.20. The van der Waals surface area contributed by atoms with Crippen LogP contribution in [0.15, 0.2) is 30.3 Å². The van der Waals surface area contributed by atoms with E-state index < -0.39 is 0 Å². The van der Waals surface area contributed by atoms with E-state index in [0.29, 0.717) is 17.3 Å². The van der Waals surface area contributed by atoms with Gasteiger partial charge >= 0.3 is 0 Å². The lowest BCUT2D eigenvalue weighted by atomic mass is 10.2. The van der Waals surface area contributed by atoms with Gasteiger partial charge in [-0.05, 0) is 37.6 Å². The van der Waals surface area contributed by atoms with Crippen LogP contribution in [0.3, 0.4) is 0 Å². The van der Waals surface area contributed by atoms with Crippen LogP contribution in [0.5, 0.6) is 5.75 Å². The maximum absolute atomic E-state index is 9.72. The van der Waals surface area contributed by atoms with Crippen LogP contribution in [0, 0.1) is 13.8 Å². The van der Waals surface area contributed by atoms with Crippen molar-refractivity contribution in [2.75, 3.05) is 5.32 Å². The molecular formula is C14H15ClN2O. The molecule has 0 saturated carbocycles. The van der Waals surface area contributed by atoms with Crippen molar-refractivity contribution in [1.82, 2.24) is 4.98 Å². The number of pyridine rings is 1. The molecule has 3 nitrogen and oxygen atoms in total. The van der Waals surface area contributed by atoms with E-state index in [9.17, 15) is 5.11 Å². The average molecular weight is 263 g/mol. The minimum Gasteiger partial charge on any atom is -0.506 e. The Morgan fingerprint density at radius 2 is 2.00 bits per heavy atom. The number of nitrogens with zero attached hydrogens (tertiary/aromatic N) is 1. The predicted molar refractivity (Wildman–Crippen MR) is 74.2 cm³/mol. The van der Waals surface area contributed by atoms with Crippen LogP contribution in [-0.2, 0) is 6.54 Å². The van der Waals surface area contributed by atoms with Gasteiger partial charge in [0.1, 0.15) is 11.4 Å². The number of rotatable bonds is 3. The number of benzene rings is 1. The normalized spacial score (nSPS) is 10.4. The minimum absolute atomic E-state index is 0.192. The number of aryl methyl sites for hydroxylation is 2. The SMILES string of the molecule is Cc1ccc(O)c(CNc2c(C)cccc2Cl)n1.